The molecule has 6 aliphatic rings. The molecule has 6 aliphatic carbocycles. The summed E-state index contributed by atoms with van der Waals surface area (Å²) >= 11 is 0. The van der Waals surface area contributed by atoms with Gasteiger partial charge in [-0.15, -0.1) is 0 Å². The average Bonchev–Trinajstić information content (AvgIpc) is 3.48. The van der Waals surface area contributed by atoms with Gasteiger partial charge in [0.1, 0.15) is 0 Å². The van der Waals surface area contributed by atoms with Crippen LogP contribution in [-0.2, 0) is 17.9 Å². The minimum Gasteiger partial charge on any atom is -0.393 e. The Hall–Kier alpha value is -3.91. The highest BCUT2D eigenvalue weighted by Gasteiger charge is 2.74. The number of rotatable bonds is 12. The smallest absolute Gasteiger partial charge is 0.189 e. The fourth-order valence-electron chi connectivity index (χ4n) is 12.8. The van der Waals surface area contributed by atoms with Gasteiger partial charge in [-0.1, -0.05) is 135 Å². The zero-order valence-corrected chi connectivity index (χ0v) is 32.9. The van der Waals surface area contributed by atoms with Gasteiger partial charge in [0.15, 0.2) is 5.78 Å². The Morgan fingerprint density at radius 3 is 2.30 bits per heavy atom. The van der Waals surface area contributed by atoms with Crippen molar-refractivity contribution in [3.63, 3.8) is 0 Å². The number of hydrogen-bond acceptors (Lipinski definition) is 6. The van der Waals surface area contributed by atoms with Crippen molar-refractivity contribution in [2.24, 2.45) is 33.5 Å². The second-order valence-corrected chi connectivity index (χ2v) is 18.5. The molecule has 0 aromatic heterocycles. The average molecular weight is 752 g/mol. The second-order valence-electron chi connectivity index (χ2n) is 18.5. The van der Waals surface area contributed by atoms with Gasteiger partial charge in [0.2, 0.25) is 0 Å². The molecule has 6 heteroatoms. The van der Waals surface area contributed by atoms with Gasteiger partial charge in [-0.25, -0.2) is 0 Å². The first kappa shape index (κ1) is 37.7. The summed E-state index contributed by atoms with van der Waals surface area (Å²) < 4.78 is 6.02. The van der Waals surface area contributed by atoms with Crippen molar-refractivity contribution in [3.8, 4) is 0 Å². The van der Waals surface area contributed by atoms with Crippen LogP contribution in [0.5, 0.6) is 0 Å². The molecule has 10 rings (SSSR count). The number of fused-ring (bicyclic) bond motifs is 2. The Bertz CT molecular complexity index is 2150. The van der Waals surface area contributed by atoms with E-state index in [4.69, 9.17) is 4.74 Å². The number of hydrogen-bond donors (Lipinski definition) is 3. The molecule has 3 fully saturated rings. The standard InChI is InChI=1S/C50H57NO5/c1-46-23-20-39(52)28-48(46)26-27-50(42(29-48)45(54)37-15-7-4-8-16-37)43(46)21-24-47(2)44(50)22-25-49(47,55)34-51(30-38-18-11-17-36-14-9-10-19-41(36)38)31-40(53)33-56-32-35-12-5-3-6-13-35/h3-19,26-27,29,39-40,43-44,52-53,55H,20-25,28,30-34H2,1-2H3. The number of allylic oxidation sites excluding steroid dienone is 4. The summed E-state index contributed by atoms with van der Waals surface area (Å²) in [4.78, 5) is 17.1. The fraction of sp³-hybridized carbons (Fsp3) is 0.460. The summed E-state index contributed by atoms with van der Waals surface area (Å²) in [5.41, 5.74) is 1.28. The fourth-order valence-corrected chi connectivity index (χ4v) is 12.8. The lowest BCUT2D eigenvalue weighted by molar-refractivity contribution is -0.177. The second kappa shape index (κ2) is 14.2. The molecule has 56 heavy (non-hydrogen) atoms. The van der Waals surface area contributed by atoms with Crippen molar-refractivity contribution in [1.29, 1.82) is 0 Å². The molecule has 6 nitrogen and oxygen atoms in total. The Balaban J connectivity index is 1.06. The molecule has 0 aliphatic heterocycles. The maximum atomic E-state index is 14.9. The maximum absolute atomic E-state index is 14.9. The van der Waals surface area contributed by atoms with E-state index in [0.717, 1.165) is 48.8 Å². The van der Waals surface area contributed by atoms with Gasteiger partial charge in [-0.05, 0) is 84.1 Å². The summed E-state index contributed by atoms with van der Waals surface area (Å²) in [5.74, 6) is 0.364. The van der Waals surface area contributed by atoms with Crippen molar-refractivity contribution in [2.75, 3.05) is 19.7 Å². The normalized spacial score (nSPS) is 34.8. The van der Waals surface area contributed by atoms with Gasteiger partial charge in [-0.2, -0.15) is 0 Å². The van der Waals surface area contributed by atoms with E-state index in [9.17, 15) is 20.1 Å². The van der Waals surface area contributed by atoms with Gasteiger partial charge in [0, 0.05) is 47.0 Å². The zero-order valence-electron chi connectivity index (χ0n) is 32.9. The van der Waals surface area contributed by atoms with E-state index in [1.54, 1.807) is 0 Å². The molecule has 9 atom stereocenters. The lowest BCUT2D eigenvalue weighted by atomic mass is 9.32. The number of ether oxygens (including phenoxy) is 1. The van der Waals surface area contributed by atoms with Crippen LogP contribution in [0.15, 0.2) is 127 Å². The SMILES string of the molecule is CC12CCC(O)CC13C=CC1(C(C(=O)c4ccccc4)=C3)C2CCC2(C)C1CCC2(O)CN(Cc1cccc2ccccc12)CC(O)COCc1ccccc1. The van der Waals surface area contributed by atoms with Gasteiger partial charge in [0.05, 0.1) is 31.0 Å². The van der Waals surface area contributed by atoms with E-state index in [0.29, 0.717) is 44.6 Å². The molecule has 0 heterocycles. The third kappa shape index (κ3) is 5.90. The maximum Gasteiger partial charge on any atom is 0.189 e. The molecule has 0 radical (unpaired) electrons. The van der Waals surface area contributed by atoms with Crippen molar-refractivity contribution in [3.05, 3.63) is 144 Å². The van der Waals surface area contributed by atoms with Crippen LogP contribution in [0.3, 0.4) is 0 Å². The highest BCUT2D eigenvalue weighted by molar-refractivity contribution is 6.10. The largest absolute Gasteiger partial charge is 0.393 e. The van der Waals surface area contributed by atoms with E-state index in [-0.39, 0.29) is 41.2 Å². The molecule has 4 aromatic carbocycles. The molecule has 0 amide bonds. The molecule has 292 valence electrons. The summed E-state index contributed by atoms with van der Waals surface area (Å²) in [5, 5.41) is 38.3. The summed E-state index contributed by atoms with van der Waals surface area (Å²) in [6.07, 6.45) is 11.5. The van der Waals surface area contributed by atoms with E-state index in [1.165, 1.54) is 10.8 Å². The molecule has 4 aromatic rings. The first-order valence-electron chi connectivity index (χ1n) is 20.9. The number of benzene rings is 4. The third-order valence-electron chi connectivity index (χ3n) is 15.6. The van der Waals surface area contributed by atoms with Crippen LogP contribution < -0.4 is 0 Å². The predicted octanol–water partition coefficient (Wildman–Crippen LogP) is 8.69. The summed E-state index contributed by atoms with van der Waals surface area (Å²) in [7, 11) is 0. The van der Waals surface area contributed by atoms with Crippen LogP contribution in [0.2, 0.25) is 0 Å². The number of aliphatic hydroxyl groups excluding tert-OH is 2. The highest BCUT2D eigenvalue weighted by Crippen LogP contribution is 2.78. The predicted molar refractivity (Wildman–Crippen MR) is 221 cm³/mol. The van der Waals surface area contributed by atoms with Crippen LogP contribution in [-0.4, -0.2) is 63.5 Å². The molecule has 2 spiro atoms. The molecule has 0 saturated heterocycles. The lowest BCUT2D eigenvalue weighted by Crippen LogP contribution is -2.67. The van der Waals surface area contributed by atoms with Gasteiger partial charge in [-0.3, -0.25) is 9.69 Å². The zero-order chi connectivity index (χ0) is 38.8. The molecular weight excluding hydrogens is 695 g/mol. The Kier molecular flexibility index (Phi) is 9.53. The van der Waals surface area contributed by atoms with E-state index in [2.05, 4.69) is 79.4 Å². The molecule has 9 unspecified atom stereocenters. The molecule has 3 saturated carbocycles. The Morgan fingerprint density at radius 2 is 1.50 bits per heavy atom. The monoisotopic (exact) mass is 751 g/mol. The number of carbonyl (C=O) groups is 1. The van der Waals surface area contributed by atoms with Crippen LogP contribution in [0.4, 0.5) is 0 Å². The van der Waals surface area contributed by atoms with E-state index < -0.39 is 22.5 Å². The van der Waals surface area contributed by atoms with Gasteiger partial charge in [0.25, 0.3) is 0 Å². The minimum absolute atomic E-state index is 0.0504. The first-order chi connectivity index (χ1) is 27.0. The minimum atomic E-state index is -1.06. The Labute approximate surface area is 331 Å². The first-order valence-corrected chi connectivity index (χ1v) is 20.9. The Morgan fingerprint density at radius 1 is 0.821 bits per heavy atom. The van der Waals surface area contributed by atoms with Crippen molar-refractivity contribution in [1.82, 2.24) is 4.90 Å². The summed E-state index contributed by atoms with van der Waals surface area (Å²) in [6.45, 7) is 6.69. The molecule has 2 bridgehead atoms. The van der Waals surface area contributed by atoms with Crippen LogP contribution in [0.1, 0.15) is 80.3 Å². The quantitative estimate of drug-likeness (QED) is 0.0992. The van der Waals surface area contributed by atoms with E-state index >= 15 is 0 Å². The van der Waals surface area contributed by atoms with E-state index in [1.807, 2.05) is 60.7 Å². The number of aliphatic hydroxyl groups is 3. The lowest BCUT2D eigenvalue weighted by Gasteiger charge is -2.71. The van der Waals surface area contributed by atoms with Crippen molar-refractivity contribution in [2.45, 2.75) is 89.8 Å². The number of ketones is 1. The van der Waals surface area contributed by atoms with Crippen molar-refractivity contribution < 1.29 is 24.9 Å². The highest BCUT2D eigenvalue weighted by atomic mass is 16.5. The molecule has 3 N–H and O–H groups in total. The number of nitrogens with zero attached hydrogens (tertiary/aromatic N) is 1. The van der Waals surface area contributed by atoms with Crippen LogP contribution >= 0.6 is 0 Å². The number of carbonyl (C=O) groups excluding carboxylic acids is 1. The number of Topliss-reactive ketones (excluding diaryl/α,β-unsaturated/α-hetero) is 1. The third-order valence-corrected chi connectivity index (χ3v) is 15.6. The van der Waals surface area contributed by atoms with Gasteiger partial charge >= 0.3 is 0 Å². The van der Waals surface area contributed by atoms with Gasteiger partial charge < -0.3 is 20.1 Å². The van der Waals surface area contributed by atoms with Crippen LogP contribution in [0.25, 0.3) is 10.8 Å². The van der Waals surface area contributed by atoms with Crippen molar-refractivity contribution >= 4 is 16.6 Å². The molecular formula is C50H57NO5. The van der Waals surface area contributed by atoms with Crippen LogP contribution in [0, 0.1) is 33.5 Å². The summed E-state index contributed by atoms with van der Waals surface area (Å²) in [6, 6.07) is 34.5. The topological polar surface area (TPSA) is 90.2 Å².